The predicted molar refractivity (Wildman–Crippen MR) is 303 cm³/mol. The molecule has 0 heterocycles. The molecule has 0 aliphatic rings. The van der Waals surface area contributed by atoms with Gasteiger partial charge in [0.15, 0.2) is 0 Å². The summed E-state index contributed by atoms with van der Waals surface area (Å²) in [4.78, 5) is 65.9. The van der Waals surface area contributed by atoms with Gasteiger partial charge in [-0.15, -0.1) is 6.10 Å². The van der Waals surface area contributed by atoms with E-state index < -0.39 is 71.4 Å². The van der Waals surface area contributed by atoms with Crippen LogP contribution in [0.1, 0.15) is 275 Å². The molecule has 0 spiro atoms. The van der Waals surface area contributed by atoms with Crippen LogP contribution in [-0.2, 0) is 89.2 Å². The summed E-state index contributed by atoms with van der Waals surface area (Å²) in [6.45, 7) is 27.2. The fourth-order valence-corrected chi connectivity index (χ4v) is 14.5. The second-order valence-electron chi connectivity index (χ2n) is 20.0. The van der Waals surface area contributed by atoms with Crippen LogP contribution in [-0.4, -0.2) is 44.2 Å². The molecule has 0 saturated heterocycles. The van der Waals surface area contributed by atoms with Crippen LogP contribution in [0.4, 0.5) is 0 Å². The van der Waals surface area contributed by atoms with Crippen LogP contribution < -0.4 is 34.5 Å². The molecule has 0 aromatic carbocycles. The van der Waals surface area contributed by atoms with Gasteiger partial charge in [-0.2, -0.15) is 0 Å². The Hall–Kier alpha value is 1.45. The molecule has 80 heavy (non-hydrogen) atoms. The fourth-order valence-electron chi connectivity index (χ4n) is 7.28. The Morgan fingerprint density at radius 3 is 0.688 bits per heavy atom. The fraction of sp³-hybridized carbons (Fsp3) is 1.00. The molecule has 9 atom stereocenters. The zero-order valence-electron chi connectivity index (χ0n) is 54.4. The van der Waals surface area contributed by atoms with Crippen molar-refractivity contribution in [3.05, 3.63) is 0 Å². The smallest absolute Gasteiger partial charge is 0.852 e. The maximum Gasteiger partial charge on any atom is 4.00 e. The number of hydrogen-bond acceptors (Lipinski definition) is 22. The van der Waals surface area contributed by atoms with Gasteiger partial charge in [0.25, 0.3) is 0 Å². The number of phosphoric ester groups is 3. The summed E-state index contributed by atoms with van der Waals surface area (Å²) < 4.78 is 115. The van der Waals surface area contributed by atoms with Crippen molar-refractivity contribution in [3.63, 3.8) is 0 Å². The number of phosphoric acid groups is 6. The zero-order chi connectivity index (χ0) is 61.6. The van der Waals surface area contributed by atoms with Crippen molar-refractivity contribution in [2.75, 3.05) is 19.8 Å². The minimum Gasteiger partial charge on any atom is -0.852 e. The Bertz CT molecular complexity index is 1530. The van der Waals surface area contributed by atoms with Gasteiger partial charge in [-0.25, -0.2) is 13.7 Å². The molecular formula is C51H112O22P6Ti. The average molecular weight is 1310 g/mol. The van der Waals surface area contributed by atoms with Gasteiger partial charge in [-0.05, 0) is 75.5 Å². The van der Waals surface area contributed by atoms with Crippen LogP contribution in [0.3, 0.4) is 0 Å². The molecule has 0 saturated carbocycles. The Morgan fingerprint density at radius 1 is 0.338 bits per heavy atom. The summed E-state index contributed by atoms with van der Waals surface area (Å²) >= 11 is 0. The summed E-state index contributed by atoms with van der Waals surface area (Å²) in [5, 5.41) is 9.53. The van der Waals surface area contributed by atoms with E-state index in [0.717, 1.165) is 135 Å². The number of hydrogen-bond donors (Lipinski definition) is 0. The van der Waals surface area contributed by atoms with E-state index in [-0.39, 0.29) is 63.6 Å². The van der Waals surface area contributed by atoms with Gasteiger partial charge in [0.2, 0.25) is 0 Å². The Kier molecular flexibility index (Phi) is 60.3. The second kappa shape index (κ2) is 53.5. The molecule has 0 fully saturated rings. The van der Waals surface area contributed by atoms with Crippen molar-refractivity contribution < 1.29 is 128 Å². The molecular weight excluding hydrogens is 1200 g/mol. The second-order valence-corrected chi connectivity index (χ2v) is 28.7. The maximum atomic E-state index is 12.7. The molecule has 0 rings (SSSR count). The first kappa shape index (κ1) is 90.2. The van der Waals surface area contributed by atoms with Gasteiger partial charge in [-0.3, -0.25) is 40.1 Å². The van der Waals surface area contributed by atoms with E-state index in [1.807, 2.05) is 41.5 Å². The van der Waals surface area contributed by atoms with Gasteiger partial charge < -0.3 is 48.2 Å². The van der Waals surface area contributed by atoms with Crippen LogP contribution in [0.5, 0.6) is 0 Å². The molecule has 0 aromatic rings. The summed E-state index contributed by atoms with van der Waals surface area (Å²) in [6.07, 6.45) is 21.2. The molecule has 22 nitrogen and oxygen atoms in total. The van der Waals surface area contributed by atoms with Gasteiger partial charge in [0.05, 0.1) is 61.6 Å². The molecule has 0 aliphatic carbocycles. The Morgan fingerprint density at radius 2 is 0.537 bits per heavy atom. The third kappa shape index (κ3) is 58.5. The van der Waals surface area contributed by atoms with E-state index in [1.54, 1.807) is 13.8 Å². The molecule has 9 unspecified atom stereocenters. The summed E-state index contributed by atoms with van der Waals surface area (Å²) in [5.74, 6) is 0.329. The molecule has 482 valence electrons. The van der Waals surface area contributed by atoms with Gasteiger partial charge in [0.1, 0.15) is 0 Å². The van der Waals surface area contributed by atoms with Crippen LogP contribution in [0.25, 0.3) is 0 Å². The van der Waals surface area contributed by atoms with Crippen molar-refractivity contribution in [2.45, 2.75) is 295 Å². The van der Waals surface area contributed by atoms with Crippen LogP contribution in [0, 0.1) is 17.8 Å². The first-order chi connectivity index (χ1) is 36.8. The molecule has 0 aromatic heterocycles. The van der Waals surface area contributed by atoms with Crippen molar-refractivity contribution >= 4 is 46.9 Å². The summed E-state index contributed by atoms with van der Waals surface area (Å²) in [7, 11) is -29.8. The van der Waals surface area contributed by atoms with E-state index >= 15 is 0 Å². The van der Waals surface area contributed by atoms with E-state index in [9.17, 15) is 61.9 Å². The van der Waals surface area contributed by atoms with Crippen molar-refractivity contribution in [1.29, 1.82) is 0 Å². The average Bonchev–Trinajstić information content (AvgIpc) is 3.34. The monoisotopic (exact) mass is 1310 g/mol. The van der Waals surface area contributed by atoms with Crippen LogP contribution in [0.15, 0.2) is 0 Å². The largest absolute Gasteiger partial charge is 4.00 e. The van der Waals surface area contributed by atoms with E-state index in [0.29, 0.717) is 38.5 Å². The van der Waals surface area contributed by atoms with Gasteiger partial charge in [0, 0.05) is 0 Å². The topological polar surface area (TPSA) is 347 Å². The third-order valence-corrected chi connectivity index (χ3v) is 20.1. The predicted octanol–water partition coefficient (Wildman–Crippen LogP) is 13.7. The molecule has 0 bridgehead atoms. The molecule has 0 aliphatic heterocycles. The Labute approximate surface area is 504 Å². The molecule has 0 amide bonds. The minimum absolute atomic E-state index is 0. The summed E-state index contributed by atoms with van der Waals surface area (Å²) in [5.41, 5.74) is 0. The first-order valence-electron chi connectivity index (χ1n) is 29.5. The normalized spacial score (nSPS) is 16.6. The van der Waals surface area contributed by atoms with Crippen LogP contribution in [0.2, 0.25) is 0 Å². The van der Waals surface area contributed by atoms with Crippen molar-refractivity contribution in [3.8, 4) is 0 Å². The van der Waals surface area contributed by atoms with Crippen molar-refractivity contribution in [1.82, 2.24) is 0 Å². The maximum absolute atomic E-state index is 12.7. The molecule has 29 heteroatoms. The summed E-state index contributed by atoms with van der Waals surface area (Å²) in [6, 6.07) is 0. The van der Waals surface area contributed by atoms with Crippen LogP contribution >= 0.6 is 46.9 Å². The SMILES string of the molecule is CC(C)[O-].CCCCCC(CC)OP(=O)(OCC(CC)CCCC)OP(=O)([O-])[O-].CCCCCC(CC)OP(=O)(OCC(CC)CCCC)OP(=O)([O-])[O-].CCCCCC(CC)OP(=O)(OCC(CC)CCCC)OP(=O)([O-])[O-].[H+].[H+].[H+].[Ti+4]. The van der Waals surface area contributed by atoms with Gasteiger partial charge >= 0.3 is 49.5 Å². The van der Waals surface area contributed by atoms with Gasteiger partial charge in [-0.1, -0.05) is 213 Å². The third-order valence-electron chi connectivity index (χ3n) is 12.2. The zero-order valence-corrected chi connectivity index (χ0v) is 58.3. The van der Waals surface area contributed by atoms with E-state index in [4.69, 9.17) is 27.1 Å². The Balaban J connectivity index is -0.000000160. The number of rotatable bonds is 48. The quantitative estimate of drug-likeness (QED) is 0.0310. The number of unbranched alkanes of at least 4 members (excludes halogenated alkanes) is 9. The molecule has 0 radical (unpaired) electrons. The molecule has 0 N–H and O–H groups in total. The minimum atomic E-state index is -5.49. The van der Waals surface area contributed by atoms with E-state index in [1.165, 1.54) is 0 Å². The van der Waals surface area contributed by atoms with E-state index in [2.05, 4.69) is 54.5 Å². The van der Waals surface area contributed by atoms with Crippen molar-refractivity contribution in [2.24, 2.45) is 17.8 Å². The first-order valence-corrected chi connectivity index (χ1v) is 38.2. The standard InChI is InChI=1S/3C16H36O7P2.C3H7O.Ti/c3*1-5-9-11-13-16(8-4)22-25(20,23-24(17,18)19)21-14-15(7-3)12-10-6-2;1-3(2)4;/h3*15-16H,5-14H2,1-4H3,(H2,17,18,19);3H,1-2H3;/q;;;-1;+4/p-3.